The van der Waals surface area contributed by atoms with Crippen LogP contribution in [0.3, 0.4) is 0 Å². The molecule has 1 N–H and O–H groups in total. The van der Waals surface area contributed by atoms with E-state index in [0.29, 0.717) is 30.9 Å². The van der Waals surface area contributed by atoms with E-state index in [1.807, 2.05) is 0 Å². The van der Waals surface area contributed by atoms with Crippen LogP contribution in [0.2, 0.25) is 0 Å². The van der Waals surface area contributed by atoms with Gasteiger partial charge >= 0.3 is 0 Å². The molecule has 19 heavy (non-hydrogen) atoms. The molecule has 4 heteroatoms. The van der Waals surface area contributed by atoms with Crippen LogP contribution in [0.15, 0.2) is 18.2 Å². The average molecular weight is 271 g/mol. The number of hydrogen-bond donors (Lipinski definition) is 1. The molecule has 0 aliphatic rings. The van der Waals surface area contributed by atoms with Crippen LogP contribution >= 0.6 is 0 Å². The molecule has 0 amide bonds. The number of hydrogen-bond acceptors (Lipinski definition) is 2. The van der Waals surface area contributed by atoms with Gasteiger partial charge in [-0.25, -0.2) is 8.78 Å². The highest BCUT2D eigenvalue weighted by Gasteiger charge is 2.04. The van der Waals surface area contributed by atoms with Crippen molar-refractivity contribution in [2.45, 2.75) is 39.7 Å². The third-order valence-corrected chi connectivity index (χ3v) is 2.93. The molecule has 0 radical (unpaired) electrons. The highest BCUT2D eigenvalue weighted by atomic mass is 19.2. The lowest BCUT2D eigenvalue weighted by molar-refractivity contribution is 0.300. The Hall–Kier alpha value is -1.16. The SMILES string of the molecule is CC(C)CCC(C)NCCOc1ccc(F)c(F)c1. The molecule has 0 aromatic heterocycles. The van der Waals surface area contributed by atoms with Gasteiger partial charge < -0.3 is 10.1 Å². The van der Waals surface area contributed by atoms with E-state index < -0.39 is 11.6 Å². The molecule has 0 aliphatic heterocycles. The highest BCUT2D eigenvalue weighted by Crippen LogP contribution is 2.15. The Labute approximate surface area is 114 Å². The van der Waals surface area contributed by atoms with Crippen molar-refractivity contribution in [1.29, 1.82) is 0 Å². The van der Waals surface area contributed by atoms with E-state index in [1.165, 1.54) is 12.5 Å². The number of halogens is 2. The van der Waals surface area contributed by atoms with Crippen LogP contribution in [0, 0.1) is 17.6 Å². The van der Waals surface area contributed by atoms with Crippen molar-refractivity contribution in [3.05, 3.63) is 29.8 Å². The van der Waals surface area contributed by atoms with Crippen molar-refractivity contribution in [3.63, 3.8) is 0 Å². The number of benzene rings is 1. The van der Waals surface area contributed by atoms with Gasteiger partial charge in [-0.15, -0.1) is 0 Å². The third-order valence-electron chi connectivity index (χ3n) is 2.93. The largest absolute Gasteiger partial charge is 0.492 e. The highest BCUT2D eigenvalue weighted by molar-refractivity contribution is 5.23. The molecule has 0 fully saturated rings. The molecule has 108 valence electrons. The quantitative estimate of drug-likeness (QED) is 0.727. The zero-order valence-corrected chi connectivity index (χ0v) is 11.9. The Morgan fingerprint density at radius 1 is 1.11 bits per heavy atom. The van der Waals surface area contributed by atoms with E-state index in [2.05, 4.69) is 26.1 Å². The lowest BCUT2D eigenvalue weighted by Gasteiger charge is -2.15. The Balaban J connectivity index is 2.18. The second kappa shape index (κ2) is 8.10. The predicted molar refractivity (Wildman–Crippen MR) is 73.4 cm³/mol. The van der Waals surface area contributed by atoms with Gasteiger partial charge in [0.2, 0.25) is 0 Å². The van der Waals surface area contributed by atoms with E-state index in [0.717, 1.165) is 18.6 Å². The van der Waals surface area contributed by atoms with Gasteiger partial charge in [0.15, 0.2) is 11.6 Å². The molecule has 0 saturated heterocycles. The van der Waals surface area contributed by atoms with Gasteiger partial charge in [-0.3, -0.25) is 0 Å². The maximum atomic E-state index is 12.9. The summed E-state index contributed by atoms with van der Waals surface area (Å²) in [5, 5.41) is 3.34. The van der Waals surface area contributed by atoms with E-state index in [-0.39, 0.29) is 0 Å². The summed E-state index contributed by atoms with van der Waals surface area (Å²) >= 11 is 0. The normalized spacial score (nSPS) is 12.7. The lowest BCUT2D eigenvalue weighted by Crippen LogP contribution is -2.30. The smallest absolute Gasteiger partial charge is 0.162 e. The Bertz CT molecular complexity index is 382. The molecule has 1 rings (SSSR count). The lowest BCUT2D eigenvalue weighted by atomic mass is 10.0. The molecular formula is C15H23F2NO. The number of ether oxygens (including phenoxy) is 1. The summed E-state index contributed by atoms with van der Waals surface area (Å²) < 4.78 is 31.0. The van der Waals surface area contributed by atoms with Gasteiger partial charge in [0.25, 0.3) is 0 Å². The van der Waals surface area contributed by atoms with E-state index in [4.69, 9.17) is 4.74 Å². The Kier molecular flexibility index (Phi) is 6.78. The van der Waals surface area contributed by atoms with Crippen molar-refractivity contribution in [2.75, 3.05) is 13.2 Å². The van der Waals surface area contributed by atoms with Crippen LogP contribution in [0.5, 0.6) is 5.75 Å². The maximum Gasteiger partial charge on any atom is 0.162 e. The maximum absolute atomic E-state index is 12.9. The summed E-state index contributed by atoms with van der Waals surface area (Å²) in [4.78, 5) is 0. The van der Waals surface area contributed by atoms with Crippen molar-refractivity contribution in [2.24, 2.45) is 5.92 Å². The molecule has 1 aromatic rings. The van der Waals surface area contributed by atoms with Crippen LogP contribution < -0.4 is 10.1 Å². The molecule has 0 spiro atoms. The summed E-state index contributed by atoms with van der Waals surface area (Å²) in [6.07, 6.45) is 2.32. The van der Waals surface area contributed by atoms with E-state index in [9.17, 15) is 8.78 Å². The van der Waals surface area contributed by atoms with Crippen molar-refractivity contribution >= 4 is 0 Å². The van der Waals surface area contributed by atoms with Crippen LogP contribution in [0.25, 0.3) is 0 Å². The summed E-state index contributed by atoms with van der Waals surface area (Å²) in [6.45, 7) is 7.69. The molecule has 1 unspecified atom stereocenters. The molecule has 0 aliphatic carbocycles. The molecule has 1 aromatic carbocycles. The fourth-order valence-corrected chi connectivity index (χ4v) is 1.73. The van der Waals surface area contributed by atoms with Crippen LogP contribution in [0.1, 0.15) is 33.6 Å². The molecule has 0 bridgehead atoms. The molecule has 0 heterocycles. The fraction of sp³-hybridized carbons (Fsp3) is 0.600. The summed E-state index contributed by atoms with van der Waals surface area (Å²) in [5.74, 6) is -0.665. The van der Waals surface area contributed by atoms with Crippen LogP contribution in [-0.4, -0.2) is 19.2 Å². The van der Waals surface area contributed by atoms with Crippen molar-refractivity contribution in [3.8, 4) is 5.75 Å². The monoisotopic (exact) mass is 271 g/mol. The van der Waals surface area contributed by atoms with Gasteiger partial charge in [-0.05, 0) is 37.8 Å². The zero-order valence-electron chi connectivity index (χ0n) is 11.9. The zero-order chi connectivity index (χ0) is 14.3. The molecule has 2 nitrogen and oxygen atoms in total. The number of rotatable bonds is 8. The average Bonchev–Trinajstić information content (AvgIpc) is 2.36. The van der Waals surface area contributed by atoms with Crippen LogP contribution in [-0.2, 0) is 0 Å². The van der Waals surface area contributed by atoms with Gasteiger partial charge in [-0.2, -0.15) is 0 Å². The second-order valence-corrected chi connectivity index (χ2v) is 5.25. The molecule has 0 saturated carbocycles. The van der Waals surface area contributed by atoms with Crippen LogP contribution in [0.4, 0.5) is 8.78 Å². The second-order valence-electron chi connectivity index (χ2n) is 5.25. The van der Waals surface area contributed by atoms with Gasteiger partial charge in [0.05, 0.1) is 0 Å². The van der Waals surface area contributed by atoms with Gasteiger partial charge in [0.1, 0.15) is 12.4 Å². The van der Waals surface area contributed by atoms with E-state index in [1.54, 1.807) is 0 Å². The molecular weight excluding hydrogens is 248 g/mol. The number of nitrogens with one attached hydrogen (secondary N) is 1. The summed E-state index contributed by atoms with van der Waals surface area (Å²) in [5.41, 5.74) is 0. The minimum atomic E-state index is -0.879. The first-order valence-electron chi connectivity index (χ1n) is 6.80. The Morgan fingerprint density at radius 3 is 2.47 bits per heavy atom. The van der Waals surface area contributed by atoms with Crippen molar-refractivity contribution < 1.29 is 13.5 Å². The first-order valence-corrected chi connectivity index (χ1v) is 6.80. The van der Waals surface area contributed by atoms with Gasteiger partial charge in [-0.1, -0.05) is 13.8 Å². The fourth-order valence-electron chi connectivity index (χ4n) is 1.73. The standard InChI is InChI=1S/C15H23F2NO/c1-11(2)4-5-12(3)18-8-9-19-13-6-7-14(16)15(17)10-13/h6-7,10-12,18H,4-5,8-9H2,1-3H3. The minimum absolute atomic E-state index is 0.357. The summed E-state index contributed by atoms with van der Waals surface area (Å²) in [6, 6.07) is 4.01. The Morgan fingerprint density at radius 2 is 1.84 bits per heavy atom. The first-order chi connectivity index (χ1) is 8.99. The minimum Gasteiger partial charge on any atom is -0.492 e. The van der Waals surface area contributed by atoms with E-state index >= 15 is 0 Å². The van der Waals surface area contributed by atoms with Gasteiger partial charge in [0, 0.05) is 18.7 Å². The molecule has 1 atom stereocenters. The summed E-state index contributed by atoms with van der Waals surface area (Å²) in [7, 11) is 0. The topological polar surface area (TPSA) is 21.3 Å². The predicted octanol–water partition coefficient (Wildman–Crippen LogP) is 3.76. The third kappa shape index (κ3) is 6.53. The first kappa shape index (κ1) is 15.9. The van der Waals surface area contributed by atoms with Crippen molar-refractivity contribution in [1.82, 2.24) is 5.32 Å².